The maximum absolute atomic E-state index is 2.59. The lowest BCUT2D eigenvalue weighted by atomic mass is 9.33. The van der Waals surface area contributed by atoms with Crippen LogP contribution in [0, 0.1) is 6.92 Å². The Bertz CT molecular complexity index is 3530. The summed E-state index contributed by atoms with van der Waals surface area (Å²) >= 11 is 0. The summed E-state index contributed by atoms with van der Waals surface area (Å²) in [4.78, 5) is 7.43. The van der Waals surface area contributed by atoms with Crippen molar-refractivity contribution >= 4 is 74.3 Å². The van der Waals surface area contributed by atoms with Gasteiger partial charge in [0.05, 0.1) is 5.41 Å². The molecule has 3 nitrogen and oxygen atoms in total. The van der Waals surface area contributed by atoms with E-state index in [0.717, 1.165) is 28.4 Å². The quantitative estimate of drug-likeness (QED) is 0.160. The first kappa shape index (κ1) is 37.1. The highest BCUT2D eigenvalue weighted by Crippen LogP contribution is 2.64. The van der Waals surface area contributed by atoms with Gasteiger partial charge in [-0.2, -0.15) is 0 Å². The van der Waals surface area contributed by atoms with Crippen LogP contribution in [0.5, 0.6) is 0 Å². The van der Waals surface area contributed by atoms with Crippen LogP contribution in [0.1, 0.15) is 27.8 Å². The summed E-state index contributed by atoms with van der Waals surface area (Å²) in [6.07, 6.45) is 0. The van der Waals surface area contributed by atoms with E-state index in [1.807, 2.05) is 0 Å². The van der Waals surface area contributed by atoms with Crippen LogP contribution in [0.3, 0.4) is 0 Å². The number of rotatable bonds is 5. The molecule has 0 bridgehead atoms. The predicted octanol–water partition coefficient (Wildman–Crippen LogP) is 13.9. The fourth-order valence-electron chi connectivity index (χ4n) is 12.2. The molecule has 10 aromatic carbocycles. The van der Waals surface area contributed by atoms with E-state index in [-0.39, 0.29) is 6.71 Å². The molecule has 1 atom stereocenters. The van der Waals surface area contributed by atoms with Crippen molar-refractivity contribution in [3.05, 3.63) is 264 Å². The summed E-state index contributed by atoms with van der Waals surface area (Å²) in [6, 6.07) is 88.1. The van der Waals surface area contributed by atoms with Crippen molar-refractivity contribution in [1.82, 2.24) is 0 Å². The zero-order valence-electron chi connectivity index (χ0n) is 36.4. The van der Waals surface area contributed by atoms with Crippen LogP contribution < -0.4 is 31.1 Å². The molecule has 1 unspecified atom stereocenters. The Kier molecular flexibility index (Phi) is 7.91. The van der Waals surface area contributed by atoms with Crippen molar-refractivity contribution in [2.45, 2.75) is 12.3 Å². The van der Waals surface area contributed by atoms with Gasteiger partial charge < -0.3 is 14.7 Å². The lowest BCUT2D eigenvalue weighted by Gasteiger charge is -2.45. The van der Waals surface area contributed by atoms with Gasteiger partial charge in [0.15, 0.2) is 0 Å². The lowest BCUT2D eigenvalue weighted by molar-refractivity contribution is 0.794. The highest BCUT2D eigenvalue weighted by Gasteiger charge is 2.53. The SMILES string of the molecule is Cc1cc2c3c(c1)N(c1ccccc1)c1cc4c(cc1B3c1ccccc1N2c1ccccc1)-c1ccccc1C41c2ccccc2-c2cc(N(c3ccccc3)c3ccccc3)ccc21. The summed E-state index contributed by atoms with van der Waals surface area (Å²) in [5.74, 6) is 0. The molecule has 0 radical (unpaired) electrons. The smallest absolute Gasteiger partial charge is 0.252 e. The molecule has 10 aromatic rings. The minimum atomic E-state index is -0.537. The van der Waals surface area contributed by atoms with Crippen molar-refractivity contribution in [2.75, 3.05) is 14.7 Å². The van der Waals surface area contributed by atoms with Gasteiger partial charge in [-0.1, -0.05) is 152 Å². The Morgan fingerprint density at radius 1 is 0.348 bits per heavy atom. The van der Waals surface area contributed by atoms with Gasteiger partial charge in [0, 0.05) is 51.2 Å². The lowest BCUT2D eigenvalue weighted by Crippen LogP contribution is -2.61. The number of hydrogen-bond donors (Lipinski definition) is 0. The number of fused-ring (bicyclic) bond motifs is 14. The fourth-order valence-corrected chi connectivity index (χ4v) is 12.2. The Labute approximate surface area is 386 Å². The van der Waals surface area contributed by atoms with Crippen molar-refractivity contribution in [2.24, 2.45) is 0 Å². The van der Waals surface area contributed by atoms with Gasteiger partial charge in [0.2, 0.25) is 0 Å². The van der Waals surface area contributed by atoms with E-state index < -0.39 is 5.41 Å². The first-order chi connectivity index (χ1) is 32.7. The topological polar surface area (TPSA) is 9.72 Å². The average molecular weight is 840 g/mol. The van der Waals surface area contributed by atoms with E-state index in [9.17, 15) is 0 Å². The molecule has 66 heavy (non-hydrogen) atoms. The van der Waals surface area contributed by atoms with Crippen molar-refractivity contribution in [3.8, 4) is 22.3 Å². The Balaban J connectivity index is 1.06. The molecule has 0 N–H and O–H groups in total. The fraction of sp³-hybridized carbons (Fsp3) is 0.0323. The number of benzene rings is 10. The third kappa shape index (κ3) is 5.04. The van der Waals surface area contributed by atoms with Crippen LogP contribution in [0.25, 0.3) is 22.3 Å². The average Bonchev–Trinajstić information content (AvgIpc) is 3.83. The molecule has 308 valence electrons. The van der Waals surface area contributed by atoms with E-state index in [1.54, 1.807) is 0 Å². The number of anilines is 9. The molecule has 2 heterocycles. The normalized spacial score (nSPS) is 15.3. The molecular formula is C62H42BN3. The van der Waals surface area contributed by atoms with Gasteiger partial charge in [-0.3, -0.25) is 0 Å². The second kappa shape index (κ2) is 14.1. The van der Waals surface area contributed by atoms with Crippen LogP contribution in [-0.2, 0) is 5.41 Å². The molecule has 0 aromatic heterocycles. The zero-order valence-corrected chi connectivity index (χ0v) is 36.4. The molecule has 14 rings (SSSR count). The van der Waals surface area contributed by atoms with Gasteiger partial charge in [-0.15, -0.1) is 0 Å². The second-order valence-corrected chi connectivity index (χ2v) is 18.1. The molecule has 0 saturated carbocycles. The van der Waals surface area contributed by atoms with E-state index in [1.165, 1.54) is 89.2 Å². The molecule has 4 heteroatoms. The van der Waals surface area contributed by atoms with Gasteiger partial charge in [-0.05, 0) is 158 Å². The summed E-state index contributed by atoms with van der Waals surface area (Å²) in [6.45, 7) is 2.27. The molecule has 0 fully saturated rings. The van der Waals surface area contributed by atoms with E-state index in [0.29, 0.717) is 0 Å². The van der Waals surface area contributed by atoms with Gasteiger partial charge in [0.1, 0.15) is 0 Å². The minimum absolute atomic E-state index is 0.0170. The maximum Gasteiger partial charge on any atom is 0.252 e. The summed E-state index contributed by atoms with van der Waals surface area (Å²) in [5.41, 5.74) is 25.8. The number of nitrogens with zero attached hydrogens (tertiary/aromatic N) is 3. The molecular weight excluding hydrogens is 798 g/mol. The third-order valence-corrected chi connectivity index (χ3v) is 14.6. The molecule has 2 aliphatic heterocycles. The third-order valence-electron chi connectivity index (χ3n) is 14.6. The van der Waals surface area contributed by atoms with Crippen LogP contribution >= 0.6 is 0 Å². The van der Waals surface area contributed by atoms with Gasteiger partial charge in [0.25, 0.3) is 6.71 Å². The van der Waals surface area contributed by atoms with E-state index in [4.69, 9.17) is 0 Å². The summed E-state index contributed by atoms with van der Waals surface area (Å²) in [7, 11) is 0. The Hall–Kier alpha value is -8.34. The van der Waals surface area contributed by atoms with Crippen LogP contribution in [0.4, 0.5) is 51.2 Å². The highest BCUT2D eigenvalue weighted by molar-refractivity contribution is 7.00. The predicted molar refractivity (Wildman–Crippen MR) is 276 cm³/mol. The van der Waals surface area contributed by atoms with E-state index in [2.05, 4.69) is 258 Å². The minimum Gasteiger partial charge on any atom is -0.311 e. The molecule has 0 saturated heterocycles. The number of hydrogen-bond acceptors (Lipinski definition) is 3. The van der Waals surface area contributed by atoms with Crippen LogP contribution in [0.2, 0.25) is 0 Å². The van der Waals surface area contributed by atoms with Gasteiger partial charge in [-0.25, -0.2) is 0 Å². The second-order valence-electron chi connectivity index (χ2n) is 18.1. The summed E-state index contributed by atoms with van der Waals surface area (Å²) < 4.78 is 0. The molecule has 1 spiro atoms. The molecule has 4 aliphatic rings. The number of para-hydroxylation sites is 5. The van der Waals surface area contributed by atoms with Crippen LogP contribution in [0.15, 0.2) is 237 Å². The van der Waals surface area contributed by atoms with Gasteiger partial charge >= 0.3 is 0 Å². The monoisotopic (exact) mass is 839 g/mol. The molecule has 2 aliphatic carbocycles. The molecule has 0 amide bonds. The zero-order chi connectivity index (χ0) is 43.5. The Morgan fingerprint density at radius 2 is 0.833 bits per heavy atom. The maximum atomic E-state index is 2.59. The first-order valence-electron chi connectivity index (χ1n) is 23.1. The Morgan fingerprint density at radius 3 is 1.44 bits per heavy atom. The largest absolute Gasteiger partial charge is 0.311 e. The van der Waals surface area contributed by atoms with Crippen LogP contribution in [-0.4, -0.2) is 6.71 Å². The standard InChI is InChI=1S/C62H42BN3/c1-41-36-59-61-60(37-41)66(45-26-12-5-13-27-45)58-40-54-50(39-56(58)63(61)55-32-18-19-33-57(55)65(59)44-24-10-4-11-25-44)48-29-15-17-31-52(48)62(54)51-30-16-14-28-47(51)49-38-46(34-35-53(49)62)64(42-20-6-2-7-21-42)43-22-8-3-9-23-43/h2-40H,1H3. The van der Waals surface area contributed by atoms with Crippen molar-refractivity contribution < 1.29 is 0 Å². The summed E-state index contributed by atoms with van der Waals surface area (Å²) in [5, 5.41) is 0. The highest BCUT2D eigenvalue weighted by atomic mass is 15.2. The van der Waals surface area contributed by atoms with E-state index >= 15 is 0 Å². The first-order valence-corrected chi connectivity index (χ1v) is 23.1. The van der Waals surface area contributed by atoms with Crippen molar-refractivity contribution in [1.29, 1.82) is 0 Å². The van der Waals surface area contributed by atoms with Crippen molar-refractivity contribution in [3.63, 3.8) is 0 Å². The number of aryl methyl sites for hydroxylation is 1.